The van der Waals surface area contributed by atoms with Gasteiger partial charge in [0, 0.05) is 17.7 Å². The van der Waals surface area contributed by atoms with Gasteiger partial charge in [0.1, 0.15) is 0 Å². The summed E-state index contributed by atoms with van der Waals surface area (Å²) >= 11 is 6.35. The Morgan fingerprint density at radius 3 is 2.86 bits per heavy atom. The molecule has 1 saturated heterocycles. The molecule has 2 atom stereocenters. The van der Waals surface area contributed by atoms with Crippen molar-refractivity contribution >= 4 is 11.6 Å². The summed E-state index contributed by atoms with van der Waals surface area (Å²) in [7, 11) is 0. The van der Waals surface area contributed by atoms with E-state index >= 15 is 0 Å². The lowest BCUT2D eigenvalue weighted by molar-refractivity contribution is -0.147. The first-order chi connectivity index (χ1) is 10.2. The van der Waals surface area contributed by atoms with Crippen LogP contribution in [-0.2, 0) is 11.2 Å². The van der Waals surface area contributed by atoms with Crippen molar-refractivity contribution in [1.29, 1.82) is 0 Å². The summed E-state index contributed by atoms with van der Waals surface area (Å²) < 4.78 is 6.08. The zero-order valence-electron chi connectivity index (χ0n) is 12.9. The van der Waals surface area contributed by atoms with E-state index in [4.69, 9.17) is 16.3 Å². The minimum Gasteiger partial charge on any atom is -0.375 e. The molecule has 1 saturated carbocycles. The van der Waals surface area contributed by atoms with Crippen LogP contribution in [0.15, 0.2) is 24.3 Å². The van der Waals surface area contributed by atoms with Gasteiger partial charge in [-0.2, -0.15) is 0 Å². The Morgan fingerprint density at radius 2 is 2.19 bits per heavy atom. The second-order valence-electron chi connectivity index (χ2n) is 6.60. The maximum atomic E-state index is 6.35. The molecule has 3 heteroatoms. The highest BCUT2D eigenvalue weighted by Crippen LogP contribution is 2.45. The predicted octanol–water partition coefficient (Wildman–Crippen LogP) is 4.21. The molecule has 1 aromatic rings. The smallest absolute Gasteiger partial charge is 0.0685 e. The van der Waals surface area contributed by atoms with Crippen molar-refractivity contribution in [2.75, 3.05) is 13.2 Å². The number of halogens is 1. The first kappa shape index (κ1) is 15.3. The van der Waals surface area contributed by atoms with Gasteiger partial charge in [0.05, 0.1) is 5.60 Å². The van der Waals surface area contributed by atoms with Crippen molar-refractivity contribution in [3.8, 4) is 0 Å². The van der Waals surface area contributed by atoms with Crippen molar-refractivity contribution in [3.63, 3.8) is 0 Å². The molecular formula is C18H26ClNO. The summed E-state index contributed by atoms with van der Waals surface area (Å²) in [5.41, 5.74) is 1.48. The molecule has 0 amide bonds. The average molecular weight is 308 g/mol. The van der Waals surface area contributed by atoms with E-state index in [9.17, 15) is 0 Å². The molecule has 0 radical (unpaired) electrons. The van der Waals surface area contributed by atoms with E-state index in [1.807, 2.05) is 12.1 Å². The molecule has 2 unspecified atom stereocenters. The second-order valence-corrected chi connectivity index (χ2v) is 7.00. The number of nitrogens with one attached hydrogen (secondary N) is 1. The Hall–Kier alpha value is -0.570. The van der Waals surface area contributed by atoms with E-state index < -0.39 is 0 Å². The standard InChI is InChI=1S/C18H26ClNO/c1-2-20-17(12-14-6-3-4-7-16(14)19)15-8-11-21-18(13-15)9-5-10-18/h3-4,6-7,15,17,20H,2,5,8-13H2,1H3. The van der Waals surface area contributed by atoms with Gasteiger partial charge >= 0.3 is 0 Å². The Bertz CT molecular complexity index is 472. The van der Waals surface area contributed by atoms with Crippen LogP contribution in [0.1, 0.15) is 44.6 Å². The van der Waals surface area contributed by atoms with Crippen LogP contribution in [0.5, 0.6) is 0 Å². The Morgan fingerprint density at radius 1 is 1.38 bits per heavy atom. The lowest BCUT2D eigenvalue weighted by atomic mass is 9.70. The number of benzene rings is 1. The van der Waals surface area contributed by atoms with E-state index in [1.54, 1.807) is 0 Å². The van der Waals surface area contributed by atoms with Gasteiger partial charge in [0.15, 0.2) is 0 Å². The van der Waals surface area contributed by atoms with Crippen molar-refractivity contribution in [1.82, 2.24) is 5.32 Å². The molecule has 21 heavy (non-hydrogen) atoms. The van der Waals surface area contributed by atoms with Crippen LogP contribution in [0, 0.1) is 5.92 Å². The summed E-state index contributed by atoms with van der Waals surface area (Å²) in [4.78, 5) is 0. The normalized spacial score (nSPS) is 25.5. The van der Waals surface area contributed by atoms with Crippen molar-refractivity contribution in [3.05, 3.63) is 34.9 Å². The van der Waals surface area contributed by atoms with Gasteiger partial charge < -0.3 is 10.1 Å². The lowest BCUT2D eigenvalue weighted by Crippen LogP contribution is -2.50. The molecule has 2 fully saturated rings. The first-order valence-electron chi connectivity index (χ1n) is 8.33. The summed E-state index contributed by atoms with van der Waals surface area (Å²) in [6.45, 7) is 4.13. The first-order valence-corrected chi connectivity index (χ1v) is 8.71. The van der Waals surface area contributed by atoms with Crippen LogP contribution in [0.3, 0.4) is 0 Å². The molecule has 1 spiro atoms. The zero-order valence-corrected chi connectivity index (χ0v) is 13.7. The quantitative estimate of drug-likeness (QED) is 0.880. The summed E-state index contributed by atoms with van der Waals surface area (Å²) in [6, 6.07) is 8.76. The largest absolute Gasteiger partial charge is 0.375 e. The number of rotatable bonds is 5. The SMILES string of the molecule is CCNC(Cc1ccccc1Cl)C1CCOC2(CCC2)C1. The fourth-order valence-electron chi connectivity index (χ4n) is 3.90. The van der Waals surface area contributed by atoms with Gasteiger partial charge in [0.2, 0.25) is 0 Å². The van der Waals surface area contributed by atoms with Crippen molar-refractivity contribution in [2.45, 2.75) is 57.1 Å². The van der Waals surface area contributed by atoms with Crippen LogP contribution in [0.2, 0.25) is 5.02 Å². The maximum absolute atomic E-state index is 6.35. The highest BCUT2D eigenvalue weighted by Gasteiger charge is 2.44. The maximum Gasteiger partial charge on any atom is 0.0685 e. The van der Waals surface area contributed by atoms with Crippen LogP contribution in [0.4, 0.5) is 0 Å². The van der Waals surface area contributed by atoms with E-state index in [0.29, 0.717) is 12.0 Å². The number of hydrogen-bond acceptors (Lipinski definition) is 2. The number of likely N-dealkylation sites (N-methyl/N-ethyl adjacent to an activating group) is 1. The molecule has 1 aliphatic heterocycles. The van der Waals surface area contributed by atoms with Gasteiger partial charge in [0.25, 0.3) is 0 Å². The van der Waals surface area contributed by atoms with Gasteiger partial charge in [-0.1, -0.05) is 36.7 Å². The minimum atomic E-state index is 0.219. The molecular weight excluding hydrogens is 282 g/mol. The molecule has 2 aliphatic rings. The van der Waals surface area contributed by atoms with Crippen LogP contribution in [-0.4, -0.2) is 24.8 Å². The molecule has 116 valence electrons. The average Bonchev–Trinajstić information content (AvgIpc) is 2.47. The second kappa shape index (κ2) is 6.68. The Balaban J connectivity index is 1.70. The fourth-order valence-corrected chi connectivity index (χ4v) is 4.11. The van der Waals surface area contributed by atoms with Crippen LogP contribution in [0.25, 0.3) is 0 Å². The molecule has 1 N–H and O–H groups in total. The zero-order chi connectivity index (χ0) is 14.7. The number of hydrogen-bond donors (Lipinski definition) is 1. The van der Waals surface area contributed by atoms with Crippen LogP contribution >= 0.6 is 11.6 Å². The molecule has 1 aromatic carbocycles. The monoisotopic (exact) mass is 307 g/mol. The van der Waals surface area contributed by atoms with Crippen molar-refractivity contribution in [2.24, 2.45) is 5.92 Å². The molecule has 3 rings (SSSR count). The number of ether oxygens (including phenoxy) is 1. The lowest BCUT2D eigenvalue weighted by Gasteiger charge is -2.49. The third-order valence-corrected chi connectivity index (χ3v) is 5.60. The highest BCUT2D eigenvalue weighted by atomic mass is 35.5. The van der Waals surface area contributed by atoms with E-state index in [1.165, 1.54) is 37.7 Å². The van der Waals surface area contributed by atoms with Gasteiger partial charge in [-0.25, -0.2) is 0 Å². The molecule has 0 aromatic heterocycles. The Kier molecular flexibility index (Phi) is 4.88. The molecule has 0 bridgehead atoms. The summed E-state index contributed by atoms with van der Waals surface area (Å²) in [5, 5.41) is 4.59. The minimum absolute atomic E-state index is 0.219. The molecule has 1 heterocycles. The topological polar surface area (TPSA) is 21.3 Å². The molecule has 2 nitrogen and oxygen atoms in total. The predicted molar refractivity (Wildman–Crippen MR) is 87.9 cm³/mol. The fraction of sp³-hybridized carbons (Fsp3) is 0.667. The van der Waals surface area contributed by atoms with Gasteiger partial charge in [-0.15, -0.1) is 0 Å². The molecule has 1 aliphatic carbocycles. The van der Waals surface area contributed by atoms with E-state index in [0.717, 1.165) is 24.6 Å². The third-order valence-electron chi connectivity index (χ3n) is 5.23. The highest BCUT2D eigenvalue weighted by molar-refractivity contribution is 6.31. The van der Waals surface area contributed by atoms with Crippen molar-refractivity contribution < 1.29 is 4.74 Å². The Labute approximate surface area is 133 Å². The van der Waals surface area contributed by atoms with E-state index in [2.05, 4.69) is 24.4 Å². The van der Waals surface area contributed by atoms with Gasteiger partial charge in [-0.3, -0.25) is 0 Å². The summed E-state index contributed by atoms with van der Waals surface area (Å²) in [5.74, 6) is 0.704. The third kappa shape index (κ3) is 3.44. The van der Waals surface area contributed by atoms with Crippen LogP contribution < -0.4 is 5.32 Å². The summed E-state index contributed by atoms with van der Waals surface area (Å²) in [6.07, 6.45) is 7.26. The van der Waals surface area contributed by atoms with E-state index in [-0.39, 0.29) is 5.60 Å². The van der Waals surface area contributed by atoms with Gasteiger partial charge in [-0.05, 0) is 62.6 Å².